The van der Waals surface area contributed by atoms with Crippen LogP contribution in [0.15, 0.2) is 6.07 Å². The second kappa shape index (κ2) is 5.14. The van der Waals surface area contributed by atoms with Crippen molar-refractivity contribution in [2.45, 2.75) is 13.1 Å². The second-order valence-electron chi connectivity index (χ2n) is 4.46. The van der Waals surface area contributed by atoms with E-state index in [1.54, 1.807) is 9.80 Å². The summed E-state index contributed by atoms with van der Waals surface area (Å²) in [6.07, 6.45) is -4.56. The average molecular weight is 289 g/mol. The van der Waals surface area contributed by atoms with Gasteiger partial charge in [-0.1, -0.05) is 0 Å². The predicted molar refractivity (Wildman–Crippen MR) is 65.9 cm³/mol. The molecule has 6 nitrogen and oxygen atoms in total. The van der Waals surface area contributed by atoms with Gasteiger partial charge in [-0.05, 0) is 0 Å². The topological polar surface area (TPSA) is 75.4 Å². The number of nitrogens with zero attached hydrogens (tertiary/aromatic N) is 4. The van der Waals surface area contributed by atoms with Crippen molar-refractivity contribution in [3.8, 4) is 0 Å². The van der Waals surface area contributed by atoms with E-state index in [1.807, 2.05) is 0 Å². The number of nitrogen functional groups attached to an aromatic ring is 1. The Morgan fingerprint density at radius 2 is 1.85 bits per heavy atom. The molecule has 0 unspecified atom stereocenters. The molecule has 1 aliphatic rings. The summed E-state index contributed by atoms with van der Waals surface area (Å²) in [7, 11) is 0. The number of anilines is 2. The van der Waals surface area contributed by atoms with Gasteiger partial charge in [0.1, 0.15) is 5.82 Å². The Kier molecular flexibility index (Phi) is 3.69. The van der Waals surface area contributed by atoms with Crippen LogP contribution in [-0.4, -0.2) is 47.0 Å². The molecule has 0 bridgehead atoms. The zero-order valence-corrected chi connectivity index (χ0v) is 10.8. The molecule has 9 heteroatoms. The van der Waals surface area contributed by atoms with Crippen LogP contribution >= 0.6 is 0 Å². The number of alkyl halides is 3. The van der Waals surface area contributed by atoms with Crippen molar-refractivity contribution in [1.29, 1.82) is 0 Å². The molecule has 2 rings (SSSR count). The number of hydrogen-bond acceptors (Lipinski definition) is 5. The third-order valence-corrected chi connectivity index (χ3v) is 3.07. The molecule has 1 aromatic heterocycles. The summed E-state index contributed by atoms with van der Waals surface area (Å²) < 4.78 is 38.0. The number of piperazine rings is 1. The van der Waals surface area contributed by atoms with Crippen molar-refractivity contribution in [1.82, 2.24) is 14.9 Å². The van der Waals surface area contributed by atoms with Crippen molar-refractivity contribution in [3.05, 3.63) is 11.8 Å². The molecule has 0 spiro atoms. The first-order chi connectivity index (χ1) is 9.27. The standard InChI is InChI=1S/C11H14F3N5O/c1-7(20)18-2-4-19(5-3-18)9-6-8(11(12,13)14)16-10(15)17-9/h6H,2-5H2,1H3,(H2,15,16,17). The van der Waals surface area contributed by atoms with Gasteiger partial charge in [0.05, 0.1) is 0 Å². The van der Waals surface area contributed by atoms with Gasteiger partial charge in [0.15, 0.2) is 5.69 Å². The van der Waals surface area contributed by atoms with Gasteiger partial charge in [0.25, 0.3) is 0 Å². The van der Waals surface area contributed by atoms with Crippen molar-refractivity contribution in [3.63, 3.8) is 0 Å². The predicted octanol–water partition coefficient (Wildman–Crippen LogP) is 0.746. The van der Waals surface area contributed by atoms with Crippen LogP contribution in [0.3, 0.4) is 0 Å². The van der Waals surface area contributed by atoms with E-state index in [2.05, 4.69) is 9.97 Å². The number of rotatable bonds is 1. The second-order valence-corrected chi connectivity index (χ2v) is 4.46. The van der Waals surface area contributed by atoms with E-state index in [0.717, 1.165) is 6.07 Å². The van der Waals surface area contributed by atoms with Gasteiger partial charge in [-0.15, -0.1) is 0 Å². The highest BCUT2D eigenvalue weighted by atomic mass is 19.4. The molecule has 20 heavy (non-hydrogen) atoms. The molecule has 1 amide bonds. The molecule has 0 aliphatic carbocycles. The van der Waals surface area contributed by atoms with Gasteiger partial charge >= 0.3 is 6.18 Å². The van der Waals surface area contributed by atoms with Crippen molar-refractivity contribution < 1.29 is 18.0 Å². The van der Waals surface area contributed by atoms with Crippen LogP contribution in [-0.2, 0) is 11.0 Å². The largest absolute Gasteiger partial charge is 0.433 e. The smallest absolute Gasteiger partial charge is 0.368 e. The Labute approximate surface area is 113 Å². The van der Waals surface area contributed by atoms with Gasteiger partial charge in [-0.2, -0.15) is 18.2 Å². The molecular weight excluding hydrogens is 275 g/mol. The van der Waals surface area contributed by atoms with Crippen LogP contribution in [0.5, 0.6) is 0 Å². The van der Waals surface area contributed by atoms with Gasteiger partial charge in [-0.25, -0.2) is 4.98 Å². The van der Waals surface area contributed by atoms with E-state index >= 15 is 0 Å². The quantitative estimate of drug-likeness (QED) is 0.825. The third kappa shape index (κ3) is 3.09. The highest BCUT2D eigenvalue weighted by molar-refractivity contribution is 5.73. The normalized spacial score (nSPS) is 16.4. The van der Waals surface area contributed by atoms with E-state index < -0.39 is 17.8 Å². The summed E-state index contributed by atoms with van der Waals surface area (Å²) in [6, 6.07) is 0.875. The Hall–Kier alpha value is -2.06. The fraction of sp³-hybridized carbons (Fsp3) is 0.545. The van der Waals surface area contributed by atoms with E-state index in [9.17, 15) is 18.0 Å². The molecule has 2 heterocycles. The highest BCUT2D eigenvalue weighted by Gasteiger charge is 2.34. The molecule has 0 atom stereocenters. The maximum absolute atomic E-state index is 12.7. The lowest BCUT2D eigenvalue weighted by molar-refractivity contribution is -0.141. The summed E-state index contributed by atoms with van der Waals surface area (Å²) in [4.78, 5) is 21.5. The molecule has 2 N–H and O–H groups in total. The van der Waals surface area contributed by atoms with Gasteiger partial charge in [0.2, 0.25) is 11.9 Å². The molecule has 110 valence electrons. The minimum absolute atomic E-state index is 0.0529. The molecule has 1 saturated heterocycles. The van der Waals surface area contributed by atoms with Crippen LogP contribution in [0.2, 0.25) is 0 Å². The lowest BCUT2D eigenvalue weighted by atomic mass is 10.3. The van der Waals surface area contributed by atoms with Gasteiger partial charge in [0, 0.05) is 39.2 Å². The lowest BCUT2D eigenvalue weighted by Gasteiger charge is -2.35. The molecule has 1 aromatic rings. The molecule has 0 aromatic carbocycles. The summed E-state index contributed by atoms with van der Waals surface area (Å²) in [5.74, 6) is -0.334. The van der Waals surface area contributed by atoms with Crippen LogP contribution in [0.25, 0.3) is 0 Å². The van der Waals surface area contributed by atoms with E-state index in [0.29, 0.717) is 26.2 Å². The number of carbonyl (C=O) groups excluding carboxylic acids is 1. The maximum Gasteiger partial charge on any atom is 0.433 e. The molecule has 1 aliphatic heterocycles. The number of halogens is 3. The Morgan fingerprint density at radius 1 is 1.25 bits per heavy atom. The summed E-state index contributed by atoms with van der Waals surface area (Å²) in [6.45, 7) is 3.17. The molecular formula is C11H14F3N5O. The minimum Gasteiger partial charge on any atom is -0.368 e. The summed E-state index contributed by atoms with van der Waals surface area (Å²) in [5.41, 5.74) is 4.26. The Balaban J connectivity index is 2.18. The first-order valence-corrected chi connectivity index (χ1v) is 5.99. The van der Waals surface area contributed by atoms with Crippen molar-refractivity contribution >= 4 is 17.7 Å². The molecule has 0 radical (unpaired) electrons. The minimum atomic E-state index is -4.56. The molecule has 0 saturated carbocycles. The van der Waals surface area contributed by atoms with Crippen LogP contribution < -0.4 is 10.6 Å². The fourth-order valence-electron chi connectivity index (χ4n) is 2.01. The number of amides is 1. The Morgan fingerprint density at radius 3 is 2.35 bits per heavy atom. The van der Waals surface area contributed by atoms with Crippen LogP contribution in [0.4, 0.5) is 24.9 Å². The fourth-order valence-corrected chi connectivity index (χ4v) is 2.01. The third-order valence-electron chi connectivity index (χ3n) is 3.07. The first kappa shape index (κ1) is 14.4. The van der Waals surface area contributed by atoms with Gasteiger partial charge < -0.3 is 15.5 Å². The van der Waals surface area contributed by atoms with Crippen LogP contribution in [0, 0.1) is 0 Å². The summed E-state index contributed by atoms with van der Waals surface area (Å²) in [5, 5.41) is 0. The van der Waals surface area contributed by atoms with E-state index in [4.69, 9.17) is 5.73 Å². The van der Waals surface area contributed by atoms with Crippen molar-refractivity contribution in [2.24, 2.45) is 0 Å². The number of hydrogen-bond donors (Lipinski definition) is 1. The first-order valence-electron chi connectivity index (χ1n) is 5.99. The van der Waals surface area contributed by atoms with Crippen molar-refractivity contribution in [2.75, 3.05) is 36.8 Å². The number of nitrogens with two attached hydrogens (primary N) is 1. The maximum atomic E-state index is 12.7. The Bertz CT molecular complexity index is 511. The zero-order valence-electron chi connectivity index (χ0n) is 10.8. The number of carbonyl (C=O) groups is 1. The zero-order chi connectivity index (χ0) is 14.9. The highest BCUT2D eigenvalue weighted by Crippen LogP contribution is 2.30. The lowest BCUT2D eigenvalue weighted by Crippen LogP contribution is -2.48. The monoisotopic (exact) mass is 289 g/mol. The number of aromatic nitrogens is 2. The van der Waals surface area contributed by atoms with E-state index in [-0.39, 0.29) is 11.7 Å². The van der Waals surface area contributed by atoms with E-state index in [1.165, 1.54) is 6.92 Å². The molecule has 1 fully saturated rings. The van der Waals surface area contributed by atoms with Gasteiger partial charge in [-0.3, -0.25) is 4.79 Å². The average Bonchev–Trinajstić information content (AvgIpc) is 2.37. The summed E-state index contributed by atoms with van der Waals surface area (Å²) >= 11 is 0. The SMILES string of the molecule is CC(=O)N1CCN(c2cc(C(F)(F)F)nc(N)n2)CC1. The van der Waals surface area contributed by atoms with Crippen LogP contribution in [0.1, 0.15) is 12.6 Å².